The molecule has 1 rings (SSSR count). The first kappa shape index (κ1) is 11.4. The molecule has 0 aliphatic heterocycles. The Bertz CT molecular complexity index is 313. The van der Waals surface area contributed by atoms with E-state index in [1.165, 1.54) is 7.11 Å². The molecule has 1 unspecified atom stereocenters. The maximum Gasteiger partial charge on any atom is 0.322 e. The van der Waals surface area contributed by atoms with Crippen LogP contribution in [-0.2, 0) is 16.1 Å². The first-order chi connectivity index (χ1) is 6.63. The van der Waals surface area contributed by atoms with Crippen LogP contribution in [0.2, 0.25) is 0 Å². The Balaban J connectivity index is 2.37. The number of nitrogens with zero attached hydrogens (tertiary/aromatic N) is 2. The summed E-state index contributed by atoms with van der Waals surface area (Å²) < 4.78 is 7.33. The molecule has 0 aromatic carbocycles. The monoisotopic (exact) mass is 309 g/mol. The maximum absolute atomic E-state index is 11.0. The van der Waals surface area contributed by atoms with E-state index in [9.17, 15) is 4.79 Å². The van der Waals surface area contributed by atoms with Crippen molar-refractivity contribution in [3.63, 3.8) is 0 Å². The molecular weight excluding hydrogens is 297 g/mol. The molecule has 78 valence electrons. The van der Waals surface area contributed by atoms with Crippen LogP contribution in [0.5, 0.6) is 0 Å². The van der Waals surface area contributed by atoms with Gasteiger partial charge in [0.15, 0.2) is 0 Å². The summed E-state index contributed by atoms with van der Waals surface area (Å²) >= 11 is 2.17. The van der Waals surface area contributed by atoms with Crippen molar-refractivity contribution in [1.82, 2.24) is 9.78 Å². The summed E-state index contributed by atoms with van der Waals surface area (Å²) in [5.41, 5.74) is 5.56. The van der Waals surface area contributed by atoms with E-state index in [4.69, 9.17) is 5.73 Å². The van der Waals surface area contributed by atoms with E-state index in [0.717, 1.165) is 3.57 Å². The molecule has 6 heteroatoms. The Morgan fingerprint density at radius 3 is 3.07 bits per heavy atom. The highest BCUT2D eigenvalue weighted by Crippen LogP contribution is 2.02. The normalized spacial score (nSPS) is 12.5. The number of carbonyl (C=O) groups is 1. The molecule has 1 aromatic rings. The first-order valence-corrected chi connectivity index (χ1v) is 5.22. The molecular formula is C8H12IN3O2. The lowest BCUT2D eigenvalue weighted by atomic mass is 10.2. The fourth-order valence-corrected chi connectivity index (χ4v) is 1.45. The number of ether oxygens (including phenoxy) is 1. The van der Waals surface area contributed by atoms with Crippen molar-refractivity contribution in [3.05, 3.63) is 16.0 Å². The average Bonchev–Trinajstić information content (AvgIpc) is 2.59. The fourth-order valence-electron chi connectivity index (χ4n) is 1.00. The molecule has 0 spiro atoms. The van der Waals surface area contributed by atoms with Gasteiger partial charge in [-0.2, -0.15) is 5.10 Å². The van der Waals surface area contributed by atoms with Crippen LogP contribution in [0.25, 0.3) is 0 Å². The predicted octanol–water partition coefficient (Wildman–Crippen LogP) is 0.378. The van der Waals surface area contributed by atoms with E-state index >= 15 is 0 Å². The van der Waals surface area contributed by atoms with Gasteiger partial charge in [0, 0.05) is 12.7 Å². The van der Waals surface area contributed by atoms with E-state index in [1.807, 2.05) is 6.20 Å². The fraction of sp³-hybridized carbons (Fsp3) is 0.500. The van der Waals surface area contributed by atoms with E-state index in [2.05, 4.69) is 32.4 Å². The largest absolute Gasteiger partial charge is 0.468 e. The van der Waals surface area contributed by atoms with Crippen LogP contribution >= 0.6 is 22.6 Å². The Kier molecular flexibility index (Phi) is 4.33. The van der Waals surface area contributed by atoms with Gasteiger partial charge in [-0.1, -0.05) is 0 Å². The van der Waals surface area contributed by atoms with Gasteiger partial charge in [-0.3, -0.25) is 9.48 Å². The van der Waals surface area contributed by atoms with Gasteiger partial charge < -0.3 is 10.5 Å². The maximum atomic E-state index is 11.0. The van der Waals surface area contributed by atoms with Crippen LogP contribution < -0.4 is 5.73 Å². The number of esters is 1. The van der Waals surface area contributed by atoms with Crippen LogP contribution in [0.3, 0.4) is 0 Å². The number of rotatable bonds is 4. The molecule has 2 N–H and O–H groups in total. The SMILES string of the molecule is COC(=O)C(N)CCn1cc(I)cn1. The van der Waals surface area contributed by atoms with Gasteiger partial charge in [0.1, 0.15) is 6.04 Å². The van der Waals surface area contributed by atoms with Gasteiger partial charge in [-0.15, -0.1) is 0 Å². The van der Waals surface area contributed by atoms with Crippen molar-refractivity contribution in [3.8, 4) is 0 Å². The van der Waals surface area contributed by atoms with Crippen LogP contribution in [0.4, 0.5) is 0 Å². The Hall–Kier alpha value is -0.630. The minimum absolute atomic E-state index is 0.383. The Morgan fingerprint density at radius 2 is 2.57 bits per heavy atom. The zero-order valence-corrected chi connectivity index (χ0v) is 9.97. The number of methoxy groups -OCH3 is 1. The highest BCUT2D eigenvalue weighted by atomic mass is 127. The highest BCUT2D eigenvalue weighted by molar-refractivity contribution is 14.1. The van der Waals surface area contributed by atoms with Crippen molar-refractivity contribution >= 4 is 28.6 Å². The summed E-state index contributed by atoms with van der Waals surface area (Å²) in [4.78, 5) is 11.0. The summed E-state index contributed by atoms with van der Waals surface area (Å²) in [6.45, 7) is 0.624. The molecule has 0 radical (unpaired) electrons. The molecule has 0 aliphatic rings. The number of hydrogen-bond acceptors (Lipinski definition) is 4. The number of aryl methyl sites for hydroxylation is 1. The topological polar surface area (TPSA) is 70.1 Å². The van der Waals surface area contributed by atoms with Crippen molar-refractivity contribution in [2.75, 3.05) is 7.11 Å². The van der Waals surface area contributed by atoms with Gasteiger partial charge in [-0.25, -0.2) is 0 Å². The van der Waals surface area contributed by atoms with E-state index < -0.39 is 6.04 Å². The molecule has 0 saturated heterocycles. The van der Waals surface area contributed by atoms with E-state index in [1.54, 1.807) is 10.9 Å². The summed E-state index contributed by atoms with van der Waals surface area (Å²) in [7, 11) is 1.33. The predicted molar refractivity (Wildman–Crippen MR) is 59.6 cm³/mol. The van der Waals surface area contributed by atoms with Gasteiger partial charge in [0.05, 0.1) is 16.9 Å². The van der Waals surface area contributed by atoms with E-state index in [-0.39, 0.29) is 5.97 Å². The zero-order chi connectivity index (χ0) is 10.6. The summed E-state index contributed by atoms with van der Waals surface area (Å²) in [6, 6.07) is -0.568. The second kappa shape index (κ2) is 5.30. The lowest BCUT2D eigenvalue weighted by Crippen LogP contribution is -2.32. The molecule has 5 nitrogen and oxygen atoms in total. The second-order valence-corrected chi connectivity index (χ2v) is 4.09. The van der Waals surface area contributed by atoms with Crippen molar-refractivity contribution in [1.29, 1.82) is 0 Å². The zero-order valence-electron chi connectivity index (χ0n) is 7.81. The molecule has 0 aliphatic carbocycles. The number of nitrogens with two attached hydrogens (primary N) is 1. The smallest absolute Gasteiger partial charge is 0.322 e. The number of halogens is 1. The number of hydrogen-bond donors (Lipinski definition) is 1. The Morgan fingerprint density at radius 1 is 1.86 bits per heavy atom. The standard InChI is InChI=1S/C8H12IN3O2/c1-14-8(13)7(10)2-3-12-5-6(9)4-11-12/h4-5,7H,2-3,10H2,1H3. The lowest BCUT2D eigenvalue weighted by molar-refractivity contribution is -0.142. The molecule has 0 amide bonds. The quantitative estimate of drug-likeness (QED) is 0.645. The summed E-state index contributed by atoms with van der Waals surface area (Å²) in [5.74, 6) is -0.383. The summed E-state index contributed by atoms with van der Waals surface area (Å²) in [5, 5.41) is 4.07. The third kappa shape index (κ3) is 3.26. The minimum Gasteiger partial charge on any atom is -0.468 e. The molecule has 1 atom stereocenters. The van der Waals surface area contributed by atoms with Crippen molar-refractivity contribution in [2.24, 2.45) is 5.73 Å². The van der Waals surface area contributed by atoms with Crippen molar-refractivity contribution < 1.29 is 9.53 Å². The van der Waals surface area contributed by atoms with Crippen LogP contribution in [0, 0.1) is 3.57 Å². The number of aromatic nitrogens is 2. The molecule has 14 heavy (non-hydrogen) atoms. The van der Waals surface area contributed by atoms with Gasteiger partial charge in [-0.05, 0) is 29.0 Å². The van der Waals surface area contributed by atoms with Crippen LogP contribution in [0.15, 0.2) is 12.4 Å². The third-order valence-corrected chi connectivity index (χ3v) is 2.33. The lowest BCUT2D eigenvalue weighted by Gasteiger charge is -2.08. The minimum atomic E-state index is -0.568. The number of carbonyl (C=O) groups excluding carboxylic acids is 1. The summed E-state index contributed by atoms with van der Waals surface area (Å²) in [6.07, 6.45) is 4.18. The van der Waals surface area contributed by atoms with Crippen LogP contribution in [0.1, 0.15) is 6.42 Å². The van der Waals surface area contributed by atoms with Gasteiger partial charge in [0.25, 0.3) is 0 Å². The van der Waals surface area contributed by atoms with Gasteiger partial charge in [0.2, 0.25) is 0 Å². The molecule has 0 fully saturated rings. The molecule has 1 heterocycles. The molecule has 0 saturated carbocycles. The molecule has 0 bridgehead atoms. The van der Waals surface area contributed by atoms with Gasteiger partial charge >= 0.3 is 5.97 Å². The van der Waals surface area contributed by atoms with E-state index in [0.29, 0.717) is 13.0 Å². The Labute approximate surface area is 95.7 Å². The highest BCUT2D eigenvalue weighted by Gasteiger charge is 2.13. The average molecular weight is 309 g/mol. The first-order valence-electron chi connectivity index (χ1n) is 4.15. The second-order valence-electron chi connectivity index (χ2n) is 2.84. The third-order valence-electron chi connectivity index (χ3n) is 1.77. The van der Waals surface area contributed by atoms with Crippen LogP contribution in [-0.4, -0.2) is 28.9 Å². The molecule has 1 aromatic heterocycles. The van der Waals surface area contributed by atoms with Crippen molar-refractivity contribution in [2.45, 2.75) is 19.0 Å².